The Balaban J connectivity index is 2.36. The minimum absolute atomic E-state index is 0.369. The lowest BCUT2D eigenvalue weighted by molar-refractivity contribution is 0.209. The number of aliphatic hydroxyl groups excluding tert-OH is 1. The maximum Gasteiger partial charge on any atom is 0.129 e. The highest BCUT2D eigenvalue weighted by atomic mass is 35.5. The smallest absolute Gasteiger partial charge is 0.129 e. The van der Waals surface area contributed by atoms with Crippen molar-refractivity contribution < 1.29 is 5.11 Å². The van der Waals surface area contributed by atoms with Gasteiger partial charge in [0.2, 0.25) is 0 Å². The molecule has 0 fully saturated rings. The average molecular weight is 224 g/mol. The zero-order valence-corrected chi connectivity index (χ0v) is 8.89. The number of pyridine rings is 1. The molecule has 1 N–H and O–H groups in total. The van der Waals surface area contributed by atoms with Gasteiger partial charge in [-0.25, -0.2) is 4.98 Å². The quantitative estimate of drug-likeness (QED) is 0.786. The van der Waals surface area contributed by atoms with Crippen LogP contribution >= 0.6 is 11.6 Å². The van der Waals surface area contributed by atoms with Crippen LogP contribution in [-0.2, 0) is 7.05 Å². The van der Waals surface area contributed by atoms with Crippen LogP contribution < -0.4 is 0 Å². The van der Waals surface area contributed by atoms with Crippen LogP contribution in [0, 0.1) is 0 Å². The van der Waals surface area contributed by atoms with Crippen molar-refractivity contribution in [2.75, 3.05) is 0 Å². The van der Waals surface area contributed by atoms with Crippen LogP contribution in [-0.4, -0.2) is 19.9 Å². The van der Waals surface area contributed by atoms with Gasteiger partial charge in [0.1, 0.15) is 11.3 Å². The van der Waals surface area contributed by atoms with Crippen LogP contribution in [0.1, 0.15) is 17.4 Å². The van der Waals surface area contributed by atoms with Gasteiger partial charge >= 0.3 is 0 Å². The van der Waals surface area contributed by atoms with Gasteiger partial charge < -0.3 is 5.11 Å². The minimum Gasteiger partial charge on any atom is -0.382 e. The second-order valence-electron chi connectivity index (χ2n) is 3.19. The van der Waals surface area contributed by atoms with Crippen LogP contribution in [0.15, 0.2) is 30.6 Å². The van der Waals surface area contributed by atoms with Gasteiger partial charge in [0.25, 0.3) is 0 Å². The first-order chi connectivity index (χ1) is 7.18. The topological polar surface area (TPSA) is 50.9 Å². The van der Waals surface area contributed by atoms with E-state index < -0.39 is 6.10 Å². The summed E-state index contributed by atoms with van der Waals surface area (Å²) in [5, 5.41) is 14.4. The number of hydrogen-bond donors (Lipinski definition) is 1. The van der Waals surface area contributed by atoms with E-state index in [0.29, 0.717) is 10.7 Å². The predicted octanol–water partition coefficient (Wildman–Crippen LogP) is 1.55. The third-order valence-electron chi connectivity index (χ3n) is 2.21. The van der Waals surface area contributed by atoms with Crippen molar-refractivity contribution in [3.05, 3.63) is 47.0 Å². The largest absolute Gasteiger partial charge is 0.382 e. The second-order valence-corrected chi connectivity index (χ2v) is 3.58. The molecule has 78 valence electrons. The Morgan fingerprint density at radius 1 is 1.40 bits per heavy atom. The van der Waals surface area contributed by atoms with Gasteiger partial charge in [0.15, 0.2) is 0 Å². The second kappa shape index (κ2) is 4.00. The Labute approximate surface area is 92.1 Å². The van der Waals surface area contributed by atoms with Gasteiger partial charge in [-0.2, -0.15) is 5.10 Å². The highest BCUT2D eigenvalue weighted by Gasteiger charge is 2.13. The number of aliphatic hydroxyl groups is 1. The van der Waals surface area contributed by atoms with E-state index >= 15 is 0 Å². The number of aromatic nitrogens is 3. The maximum absolute atomic E-state index is 10.0. The summed E-state index contributed by atoms with van der Waals surface area (Å²) in [6.07, 6.45) is 2.48. The zero-order chi connectivity index (χ0) is 10.8. The third-order valence-corrected chi connectivity index (χ3v) is 2.41. The molecule has 15 heavy (non-hydrogen) atoms. The standard InChI is InChI=1S/C10H10ClN3O/c1-14-8(3-5-13-14)10(15)7-2-4-12-9(11)6-7/h2-6,10,15H,1H3. The molecule has 0 aliphatic heterocycles. The molecular formula is C10H10ClN3O. The molecule has 4 nitrogen and oxygen atoms in total. The van der Waals surface area contributed by atoms with E-state index in [2.05, 4.69) is 10.1 Å². The maximum atomic E-state index is 10.0. The SMILES string of the molecule is Cn1nccc1C(O)c1ccnc(Cl)c1. The Hall–Kier alpha value is -1.39. The Morgan fingerprint density at radius 3 is 2.80 bits per heavy atom. The van der Waals surface area contributed by atoms with E-state index in [1.165, 1.54) is 0 Å². The minimum atomic E-state index is -0.724. The van der Waals surface area contributed by atoms with Gasteiger partial charge in [-0.05, 0) is 23.8 Å². The van der Waals surface area contributed by atoms with Gasteiger partial charge in [0, 0.05) is 19.4 Å². The lowest BCUT2D eigenvalue weighted by Gasteiger charge is -2.11. The summed E-state index contributed by atoms with van der Waals surface area (Å²) in [6.45, 7) is 0. The Morgan fingerprint density at radius 2 is 2.20 bits per heavy atom. The molecule has 0 aliphatic rings. The highest BCUT2D eigenvalue weighted by molar-refractivity contribution is 6.29. The molecule has 0 amide bonds. The van der Waals surface area contributed by atoms with Crippen LogP contribution in [0.5, 0.6) is 0 Å². The van der Waals surface area contributed by atoms with E-state index in [9.17, 15) is 5.11 Å². The third kappa shape index (κ3) is 2.00. The molecule has 0 radical (unpaired) electrons. The first kappa shape index (κ1) is 10.1. The van der Waals surface area contributed by atoms with E-state index in [1.807, 2.05) is 0 Å². The number of aryl methyl sites for hydroxylation is 1. The highest BCUT2D eigenvalue weighted by Crippen LogP contribution is 2.22. The molecule has 2 aromatic rings. The summed E-state index contributed by atoms with van der Waals surface area (Å²) in [7, 11) is 1.78. The molecule has 5 heteroatoms. The average Bonchev–Trinajstić information content (AvgIpc) is 2.63. The summed E-state index contributed by atoms with van der Waals surface area (Å²) in [4.78, 5) is 3.86. The van der Waals surface area contributed by atoms with Crippen LogP contribution in [0.3, 0.4) is 0 Å². The van der Waals surface area contributed by atoms with Crippen molar-refractivity contribution >= 4 is 11.6 Å². The van der Waals surface area contributed by atoms with E-state index in [-0.39, 0.29) is 0 Å². The fourth-order valence-corrected chi connectivity index (χ4v) is 1.59. The molecule has 2 rings (SSSR count). The van der Waals surface area contributed by atoms with Crippen molar-refractivity contribution in [1.82, 2.24) is 14.8 Å². The van der Waals surface area contributed by atoms with Crippen molar-refractivity contribution in [3.8, 4) is 0 Å². The molecule has 1 unspecified atom stereocenters. The molecule has 0 saturated heterocycles. The first-order valence-corrected chi connectivity index (χ1v) is 4.83. The summed E-state index contributed by atoms with van der Waals surface area (Å²) in [5.41, 5.74) is 1.43. The van der Waals surface area contributed by atoms with E-state index in [1.54, 1.807) is 42.3 Å². The number of halogens is 1. The molecule has 0 aromatic carbocycles. The van der Waals surface area contributed by atoms with E-state index in [0.717, 1.165) is 5.69 Å². The fourth-order valence-electron chi connectivity index (χ4n) is 1.41. The lowest BCUT2D eigenvalue weighted by atomic mass is 10.1. The van der Waals surface area contributed by atoms with Gasteiger partial charge in [0.05, 0.1) is 5.69 Å². The molecule has 2 aromatic heterocycles. The molecule has 0 bridgehead atoms. The predicted molar refractivity (Wildman–Crippen MR) is 56.5 cm³/mol. The number of hydrogen-bond acceptors (Lipinski definition) is 3. The van der Waals surface area contributed by atoms with Gasteiger partial charge in [-0.3, -0.25) is 4.68 Å². The van der Waals surface area contributed by atoms with Crippen LogP contribution in [0.4, 0.5) is 0 Å². The summed E-state index contributed by atoms with van der Waals surface area (Å²) >= 11 is 5.75. The summed E-state index contributed by atoms with van der Waals surface area (Å²) < 4.78 is 1.62. The zero-order valence-electron chi connectivity index (χ0n) is 8.13. The number of nitrogens with zero attached hydrogens (tertiary/aromatic N) is 3. The molecule has 0 spiro atoms. The van der Waals surface area contributed by atoms with E-state index in [4.69, 9.17) is 11.6 Å². The van der Waals surface area contributed by atoms with Crippen molar-refractivity contribution in [2.45, 2.75) is 6.10 Å². The number of rotatable bonds is 2. The van der Waals surface area contributed by atoms with Gasteiger partial charge in [-0.1, -0.05) is 11.6 Å². The van der Waals surface area contributed by atoms with Crippen molar-refractivity contribution in [3.63, 3.8) is 0 Å². The molecule has 0 aliphatic carbocycles. The fraction of sp³-hybridized carbons (Fsp3) is 0.200. The van der Waals surface area contributed by atoms with Crippen LogP contribution in [0.2, 0.25) is 5.15 Å². The molecule has 1 atom stereocenters. The normalized spacial score (nSPS) is 12.7. The molecule has 2 heterocycles. The summed E-state index contributed by atoms with van der Waals surface area (Å²) in [5.74, 6) is 0. The monoisotopic (exact) mass is 223 g/mol. The first-order valence-electron chi connectivity index (χ1n) is 4.46. The summed E-state index contributed by atoms with van der Waals surface area (Å²) in [6, 6.07) is 5.13. The Kier molecular flexibility index (Phi) is 2.70. The Bertz CT molecular complexity index is 469. The molecular weight excluding hydrogens is 214 g/mol. The molecule has 0 saturated carbocycles. The van der Waals surface area contributed by atoms with Crippen LogP contribution in [0.25, 0.3) is 0 Å². The van der Waals surface area contributed by atoms with Gasteiger partial charge in [-0.15, -0.1) is 0 Å². The van der Waals surface area contributed by atoms with Crippen molar-refractivity contribution in [2.24, 2.45) is 7.05 Å². The lowest BCUT2D eigenvalue weighted by Crippen LogP contribution is -2.06. The van der Waals surface area contributed by atoms with Crippen molar-refractivity contribution in [1.29, 1.82) is 0 Å².